The van der Waals surface area contributed by atoms with E-state index in [-0.39, 0.29) is 5.41 Å². The van der Waals surface area contributed by atoms with Gasteiger partial charge in [-0.2, -0.15) is 0 Å². The molecule has 0 aliphatic heterocycles. The summed E-state index contributed by atoms with van der Waals surface area (Å²) < 4.78 is 6.38. The first-order valence-corrected chi connectivity index (χ1v) is 10.4. The summed E-state index contributed by atoms with van der Waals surface area (Å²) >= 11 is 0. The number of fused-ring (bicyclic) bond motifs is 1. The summed E-state index contributed by atoms with van der Waals surface area (Å²) in [6.45, 7) is 13.1. The van der Waals surface area contributed by atoms with Crippen LogP contribution in [0.5, 0.6) is 0 Å². The average molecular weight is 262 g/mol. The van der Waals surface area contributed by atoms with Gasteiger partial charge in [-0.05, 0) is 56.8 Å². The van der Waals surface area contributed by atoms with Crippen LogP contribution in [0.2, 0.25) is 19.6 Å². The molecule has 3 atom stereocenters. The molecule has 0 amide bonds. The lowest BCUT2D eigenvalue weighted by molar-refractivity contribution is 0.156. The van der Waals surface area contributed by atoms with Gasteiger partial charge in [0, 0.05) is 5.41 Å². The highest BCUT2D eigenvalue weighted by Crippen LogP contribution is 2.54. The maximum absolute atomic E-state index is 6.38. The zero-order valence-corrected chi connectivity index (χ0v) is 13.2. The van der Waals surface area contributed by atoms with Crippen LogP contribution in [0.25, 0.3) is 0 Å². The molecule has 2 heteroatoms. The first kappa shape index (κ1) is 13.7. The van der Waals surface area contributed by atoms with Gasteiger partial charge < -0.3 is 4.43 Å². The van der Waals surface area contributed by atoms with Gasteiger partial charge in [-0.25, -0.2) is 0 Å². The molecule has 18 heavy (non-hydrogen) atoms. The second-order valence-corrected chi connectivity index (χ2v) is 11.3. The zero-order valence-electron chi connectivity index (χ0n) is 12.2. The van der Waals surface area contributed by atoms with E-state index in [1.165, 1.54) is 12.2 Å². The van der Waals surface area contributed by atoms with Crippen LogP contribution in [0, 0.1) is 17.3 Å². The molecule has 0 aromatic carbocycles. The Hall–Kier alpha value is -0.763. The summed E-state index contributed by atoms with van der Waals surface area (Å²) in [4.78, 5) is 0. The minimum Gasteiger partial charge on any atom is -0.547 e. The van der Waals surface area contributed by atoms with E-state index >= 15 is 0 Å². The van der Waals surface area contributed by atoms with Crippen LogP contribution in [0.3, 0.4) is 0 Å². The van der Waals surface area contributed by atoms with Crippen LogP contribution in [0.4, 0.5) is 0 Å². The maximum Gasteiger partial charge on any atom is 0.241 e. The SMILES string of the molecule is C=CC[C@@H]1C=C(O[Si](C)(C)C)[C@@]2(C)CC=CC[C@H]12. The second kappa shape index (κ2) is 4.73. The Bertz CT molecular complexity index is 388. The van der Waals surface area contributed by atoms with E-state index < -0.39 is 8.32 Å². The normalized spacial score (nSPS) is 35.0. The molecule has 2 aliphatic rings. The summed E-state index contributed by atoms with van der Waals surface area (Å²) in [5.41, 5.74) is 0.225. The van der Waals surface area contributed by atoms with Crippen LogP contribution in [-0.2, 0) is 4.43 Å². The molecule has 0 unspecified atom stereocenters. The molecule has 1 nitrogen and oxygen atoms in total. The highest BCUT2D eigenvalue weighted by Gasteiger charge is 2.48. The van der Waals surface area contributed by atoms with Gasteiger partial charge in [0.15, 0.2) is 0 Å². The van der Waals surface area contributed by atoms with Crippen molar-refractivity contribution in [2.24, 2.45) is 17.3 Å². The zero-order chi connectivity index (χ0) is 13.4. The second-order valence-electron chi connectivity index (χ2n) is 6.87. The van der Waals surface area contributed by atoms with Crippen LogP contribution >= 0.6 is 0 Å². The molecule has 0 aromatic rings. The van der Waals surface area contributed by atoms with E-state index in [0.717, 1.165) is 12.8 Å². The monoisotopic (exact) mass is 262 g/mol. The maximum atomic E-state index is 6.38. The van der Waals surface area contributed by atoms with E-state index in [0.29, 0.717) is 11.8 Å². The van der Waals surface area contributed by atoms with Crippen molar-refractivity contribution in [3.8, 4) is 0 Å². The molecule has 2 aliphatic carbocycles. The number of hydrogen-bond donors (Lipinski definition) is 0. The van der Waals surface area contributed by atoms with Crippen molar-refractivity contribution in [1.82, 2.24) is 0 Å². The van der Waals surface area contributed by atoms with E-state index in [2.05, 4.69) is 57.4 Å². The predicted molar refractivity (Wildman–Crippen MR) is 80.8 cm³/mol. The Morgan fingerprint density at radius 2 is 2.17 bits per heavy atom. The molecule has 0 fully saturated rings. The Morgan fingerprint density at radius 1 is 1.44 bits per heavy atom. The standard InChI is InChI=1S/C16H26OSi/c1-6-9-13-12-15(17-18(3,4)5)16(2)11-8-7-10-14(13)16/h6-8,12-14H,1,9-11H2,2-5H3/t13-,14-,16+/m1/s1. The number of rotatable bonds is 4. The van der Waals surface area contributed by atoms with Gasteiger partial charge in [0.1, 0.15) is 0 Å². The lowest BCUT2D eigenvalue weighted by Gasteiger charge is -2.39. The lowest BCUT2D eigenvalue weighted by atomic mass is 9.68. The molecule has 2 rings (SSSR count). The summed E-state index contributed by atoms with van der Waals surface area (Å²) in [7, 11) is -1.52. The molecule has 0 saturated heterocycles. The Morgan fingerprint density at radius 3 is 2.78 bits per heavy atom. The van der Waals surface area contributed by atoms with E-state index in [1.54, 1.807) is 0 Å². The quantitative estimate of drug-likeness (QED) is 0.517. The summed E-state index contributed by atoms with van der Waals surface area (Å²) in [6, 6.07) is 0. The summed E-state index contributed by atoms with van der Waals surface area (Å²) in [5, 5.41) is 0. The smallest absolute Gasteiger partial charge is 0.241 e. The van der Waals surface area contributed by atoms with Crippen molar-refractivity contribution in [1.29, 1.82) is 0 Å². The minimum absolute atomic E-state index is 0.225. The molecular weight excluding hydrogens is 236 g/mol. The number of hydrogen-bond acceptors (Lipinski definition) is 1. The molecule has 0 spiro atoms. The average Bonchev–Trinajstić information content (AvgIpc) is 2.51. The fourth-order valence-corrected chi connectivity index (χ4v) is 4.28. The first-order chi connectivity index (χ1) is 8.37. The predicted octanol–water partition coefficient (Wildman–Crippen LogP) is 4.90. The molecule has 0 bridgehead atoms. The fraction of sp³-hybridized carbons (Fsp3) is 0.625. The molecular formula is C16H26OSi. The molecule has 0 radical (unpaired) electrons. The third kappa shape index (κ3) is 2.49. The molecule has 0 aromatic heterocycles. The van der Waals surface area contributed by atoms with Gasteiger partial charge in [0.05, 0.1) is 5.76 Å². The van der Waals surface area contributed by atoms with Crippen LogP contribution in [0.1, 0.15) is 26.2 Å². The molecule has 0 heterocycles. The Kier molecular flexibility index (Phi) is 3.59. The largest absolute Gasteiger partial charge is 0.547 e. The number of allylic oxidation sites excluding steroid dienone is 5. The highest BCUT2D eigenvalue weighted by atomic mass is 28.4. The van der Waals surface area contributed by atoms with Gasteiger partial charge in [0.25, 0.3) is 0 Å². The molecule has 100 valence electrons. The molecule has 0 N–H and O–H groups in total. The van der Waals surface area contributed by atoms with E-state index in [9.17, 15) is 0 Å². The Balaban J connectivity index is 2.28. The summed E-state index contributed by atoms with van der Waals surface area (Å²) in [5.74, 6) is 2.58. The van der Waals surface area contributed by atoms with Crippen molar-refractivity contribution in [2.75, 3.05) is 0 Å². The minimum atomic E-state index is -1.52. The first-order valence-electron chi connectivity index (χ1n) is 7.04. The van der Waals surface area contributed by atoms with Gasteiger partial charge >= 0.3 is 0 Å². The van der Waals surface area contributed by atoms with Crippen molar-refractivity contribution in [3.05, 3.63) is 36.6 Å². The third-order valence-corrected chi connectivity index (χ3v) is 5.05. The Labute approximate surface area is 113 Å². The van der Waals surface area contributed by atoms with Crippen molar-refractivity contribution < 1.29 is 4.43 Å². The van der Waals surface area contributed by atoms with Crippen LogP contribution < -0.4 is 0 Å². The highest BCUT2D eigenvalue weighted by molar-refractivity contribution is 6.70. The third-order valence-electron chi connectivity index (χ3n) is 4.22. The van der Waals surface area contributed by atoms with Crippen LogP contribution in [-0.4, -0.2) is 8.32 Å². The van der Waals surface area contributed by atoms with Crippen molar-refractivity contribution in [3.63, 3.8) is 0 Å². The van der Waals surface area contributed by atoms with Crippen molar-refractivity contribution in [2.45, 2.75) is 45.8 Å². The van der Waals surface area contributed by atoms with Gasteiger partial charge in [-0.3, -0.25) is 0 Å². The van der Waals surface area contributed by atoms with E-state index in [4.69, 9.17) is 4.43 Å². The molecule has 0 saturated carbocycles. The lowest BCUT2D eigenvalue weighted by Crippen LogP contribution is -2.35. The van der Waals surface area contributed by atoms with Crippen LogP contribution in [0.15, 0.2) is 36.6 Å². The van der Waals surface area contributed by atoms with Gasteiger partial charge in [-0.15, -0.1) is 6.58 Å². The fourth-order valence-electron chi connectivity index (χ4n) is 3.32. The van der Waals surface area contributed by atoms with Crippen molar-refractivity contribution >= 4 is 8.32 Å². The van der Waals surface area contributed by atoms with Gasteiger partial charge in [-0.1, -0.05) is 25.2 Å². The van der Waals surface area contributed by atoms with Gasteiger partial charge in [0.2, 0.25) is 8.32 Å². The van der Waals surface area contributed by atoms with E-state index in [1.807, 2.05) is 0 Å². The summed E-state index contributed by atoms with van der Waals surface area (Å²) in [6.07, 6.45) is 12.5. The topological polar surface area (TPSA) is 9.23 Å².